The lowest BCUT2D eigenvalue weighted by molar-refractivity contribution is -0.119. The van der Waals surface area contributed by atoms with Crippen molar-refractivity contribution >= 4 is 17.6 Å². The molecule has 132 valence electrons. The molecular weight excluding hydrogens is 334 g/mol. The molecule has 1 aromatic heterocycles. The molecule has 0 aliphatic rings. The van der Waals surface area contributed by atoms with Crippen molar-refractivity contribution in [2.75, 3.05) is 19.0 Å². The number of carbonyl (C=O) groups is 2. The lowest BCUT2D eigenvalue weighted by Gasteiger charge is -2.09. The Balaban J connectivity index is 1.57. The van der Waals surface area contributed by atoms with Crippen molar-refractivity contribution in [2.45, 2.75) is 0 Å². The highest BCUT2D eigenvalue weighted by atomic mass is 16.5. The summed E-state index contributed by atoms with van der Waals surface area (Å²) in [7, 11) is 1.51. The van der Waals surface area contributed by atoms with Crippen LogP contribution in [0.5, 0.6) is 5.75 Å². The average molecular weight is 351 g/mol. The van der Waals surface area contributed by atoms with E-state index in [2.05, 4.69) is 10.4 Å². The predicted octanol–water partition coefficient (Wildman–Crippen LogP) is 2.68. The van der Waals surface area contributed by atoms with Crippen molar-refractivity contribution in [1.29, 1.82) is 0 Å². The third-order valence-electron chi connectivity index (χ3n) is 3.55. The van der Waals surface area contributed by atoms with Gasteiger partial charge in [-0.1, -0.05) is 30.3 Å². The topological polar surface area (TPSA) is 82.4 Å². The van der Waals surface area contributed by atoms with Crippen LogP contribution in [-0.4, -0.2) is 35.4 Å². The fourth-order valence-electron chi connectivity index (χ4n) is 2.30. The van der Waals surface area contributed by atoms with Gasteiger partial charge in [-0.05, 0) is 24.3 Å². The van der Waals surface area contributed by atoms with E-state index in [1.807, 2.05) is 30.3 Å². The number of amides is 1. The van der Waals surface area contributed by atoms with Crippen LogP contribution in [0.1, 0.15) is 10.4 Å². The maximum Gasteiger partial charge on any atom is 0.341 e. The lowest BCUT2D eigenvalue weighted by atomic mass is 10.3. The number of para-hydroxylation sites is 3. The zero-order valence-electron chi connectivity index (χ0n) is 14.1. The van der Waals surface area contributed by atoms with Gasteiger partial charge in [-0.25, -0.2) is 9.48 Å². The molecule has 7 nitrogen and oxygen atoms in total. The Hall–Kier alpha value is -3.61. The summed E-state index contributed by atoms with van der Waals surface area (Å²) in [6.07, 6.45) is 2.95. The van der Waals surface area contributed by atoms with Crippen LogP contribution < -0.4 is 10.1 Å². The molecule has 26 heavy (non-hydrogen) atoms. The number of nitrogens with zero attached hydrogens (tertiary/aromatic N) is 2. The molecule has 0 bridgehead atoms. The second-order valence-corrected chi connectivity index (χ2v) is 5.33. The standard InChI is InChI=1S/C19H17N3O4/c1-25-17-10-6-5-9-16(17)21-18(23)13-26-19(24)14-11-20-22(12-14)15-7-3-2-4-8-15/h2-12H,13H2,1H3,(H,21,23). The van der Waals surface area contributed by atoms with Crippen molar-refractivity contribution in [3.8, 4) is 11.4 Å². The number of nitrogens with one attached hydrogen (secondary N) is 1. The summed E-state index contributed by atoms with van der Waals surface area (Å²) in [5.74, 6) is -0.558. The molecule has 0 saturated heterocycles. The third-order valence-corrected chi connectivity index (χ3v) is 3.55. The summed E-state index contributed by atoms with van der Waals surface area (Å²) in [4.78, 5) is 24.1. The first kappa shape index (κ1) is 17.2. The number of esters is 1. The summed E-state index contributed by atoms with van der Waals surface area (Å²) < 4.78 is 11.8. The van der Waals surface area contributed by atoms with Gasteiger partial charge in [0.05, 0.1) is 30.2 Å². The molecule has 1 N–H and O–H groups in total. The lowest BCUT2D eigenvalue weighted by Crippen LogP contribution is -2.21. The normalized spacial score (nSPS) is 10.2. The van der Waals surface area contributed by atoms with E-state index < -0.39 is 18.5 Å². The Labute approximate surface area is 150 Å². The van der Waals surface area contributed by atoms with Crippen LogP contribution in [0.2, 0.25) is 0 Å². The molecule has 3 aromatic rings. The highest BCUT2D eigenvalue weighted by Gasteiger charge is 2.14. The molecule has 0 unspecified atom stereocenters. The number of hydrogen-bond acceptors (Lipinski definition) is 5. The van der Waals surface area contributed by atoms with Gasteiger partial charge in [-0.3, -0.25) is 4.79 Å². The quantitative estimate of drug-likeness (QED) is 0.691. The molecule has 1 heterocycles. The van der Waals surface area contributed by atoms with Gasteiger partial charge in [0.25, 0.3) is 5.91 Å². The van der Waals surface area contributed by atoms with Gasteiger partial charge in [0, 0.05) is 6.20 Å². The summed E-state index contributed by atoms with van der Waals surface area (Å²) in [6, 6.07) is 16.3. The van der Waals surface area contributed by atoms with Crippen molar-refractivity contribution in [2.24, 2.45) is 0 Å². The summed E-state index contributed by atoms with van der Waals surface area (Å²) in [6.45, 7) is -0.409. The van der Waals surface area contributed by atoms with Crippen molar-refractivity contribution in [3.63, 3.8) is 0 Å². The van der Waals surface area contributed by atoms with E-state index in [4.69, 9.17) is 9.47 Å². The molecular formula is C19H17N3O4. The van der Waals surface area contributed by atoms with E-state index in [1.54, 1.807) is 35.1 Å². The van der Waals surface area contributed by atoms with Gasteiger partial charge in [-0.2, -0.15) is 5.10 Å². The zero-order chi connectivity index (χ0) is 18.4. The molecule has 3 rings (SSSR count). The minimum absolute atomic E-state index is 0.263. The van der Waals surface area contributed by atoms with Crippen LogP contribution in [0, 0.1) is 0 Å². The third kappa shape index (κ3) is 4.07. The minimum Gasteiger partial charge on any atom is -0.495 e. The number of rotatable bonds is 6. The number of anilines is 1. The molecule has 0 aliphatic heterocycles. The molecule has 0 atom stereocenters. The summed E-state index contributed by atoms with van der Waals surface area (Å²) in [5.41, 5.74) is 1.59. The fourth-order valence-corrected chi connectivity index (χ4v) is 2.30. The van der Waals surface area contributed by atoms with Gasteiger partial charge in [-0.15, -0.1) is 0 Å². The SMILES string of the molecule is COc1ccccc1NC(=O)COC(=O)c1cnn(-c2ccccc2)c1. The van der Waals surface area contributed by atoms with Crippen LogP contribution in [-0.2, 0) is 9.53 Å². The number of ether oxygens (including phenoxy) is 2. The maximum atomic E-state index is 12.1. The summed E-state index contributed by atoms with van der Waals surface area (Å²) in [5, 5.41) is 6.76. The minimum atomic E-state index is -0.623. The first-order valence-electron chi connectivity index (χ1n) is 7.87. The first-order valence-corrected chi connectivity index (χ1v) is 7.87. The van der Waals surface area contributed by atoms with Crippen molar-refractivity contribution < 1.29 is 19.1 Å². The van der Waals surface area contributed by atoms with E-state index in [0.717, 1.165) is 5.69 Å². The van der Waals surface area contributed by atoms with E-state index >= 15 is 0 Å². The smallest absolute Gasteiger partial charge is 0.341 e. The van der Waals surface area contributed by atoms with E-state index in [9.17, 15) is 9.59 Å². The first-order chi connectivity index (χ1) is 12.7. The Kier molecular flexibility index (Phi) is 5.28. The Bertz CT molecular complexity index is 906. The van der Waals surface area contributed by atoms with E-state index in [-0.39, 0.29) is 5.56 Å². The Morgan fingerprint density at radius 2 is 1.81 bits per heavy atom. The van der Waals surface area contributed by atoms with Crippen LogP contribution in [0.25, 0.3) is 5.69 Å². The highest BCUT2D eigenvalue weighted by molar-refractivity contribution is 5.96. The molecule has 2 aromatic carbocycles. The number of methoxy groups -OCH3 is 1. The van der Waals surface area contributed by atoms with E-state index in [1.165, 1.54) is 13.3 Å². The number of aromatic nitrogens is 2. The largest absolute Gasteiger partial charge is 0.495 e. The van der Waals surface area contributed by atoms with Crippen LogP contribution in [0.3, 0.4) is 0 Å². The zero-order valence-corrected chi connectivity index (χ0v) is 14.1. The van der Waals surface area contributed by atoms with Gasteiger partial charge < -0.3 is 14.8 Å². The average Bonchev–Trinajstić information content (AvgIpc) is 3.17. The van der Waals surface area contributed by atoms with Crippen molar-refractivity contribution in [3.05, 3.63) is 72.6 Å². The number of hydrogen-bond donors (Lipinski definition) is 1. The molecule has 0 radical (unpaired) electrons. The van der Waals surface area contributed by atoms with Gasteiger partial charge in [0.2, 0.25) is 0 Å². The predicted molar refractivity (Wildman–Crippen MR) is 95.5 cm³/mol. The van der Waals surface area contributed by atoms with Crippen LogP contribution in [0.4, 0.5) is 5.69 Å². The number of carbonyl (C=O) groups excluding carboxylic acids is 2. The van der Waals surface area contributed by atoms with Gasteiger partial charge in [0.15, 0.2) is 6.61 Å². The molecule has 0 spiro atoms. The highest BCUT2D eigenvalue weighted by Crippen LogP contribution is 2.22. The molecule has 7 heteroatoms. The number of benzene rings is 2. The fraction of sp³-hybridized carbons (Fsp3) is 0.105. The monoisotopic (exact) mass is 351 g/mol. The molecule has 0 saturated carbocycles. The second-order valence-electron chi connectivity index (χ2n) is 5.33. The van der Waals surface area contributed by atoms with E-state index in [0.29, 0.717) is 11.4 Å². The summed E-state index contributed by atoms with van der Waals surface area (Å²) >= 11 is 0. The molecule has 0 fully saturated rings. The van der Waals surface area contributed by atoms with Crippen LogP contribution in [0.15, 0.2) is 67.0 Å². The Morgan fingerprint density at radius 3 is 2.58 bits per heavy atom. The molecule has 0 aliphatic carbocycles. The van der Waals surface area contributed by atoms with Crippen molar-refractivity contribution in [1.82, 2.24) is 9.78 Å². The Morgan fingerprint density at radius 1 is 1.08 bits per heavy atom. The molecule has 1 amide bonds. The van der Waals surface area contributed by atoms with Crippen LogP contribution >= 0.6 is 0 Å². The van der Waals surface area contributed by atoms with Gasteiger partial charge in [0.1, 0.15) is 5.75 Å². The second kappa shape index (κ2) is 7.98. The van der Waals surface area contributed by atoms with Gasteiger partial charge >= 0.3 is 5.97 Å². The maximum absolute atomic E-state index is 12.1.